The molecule has 2 rings (SSSR count). The number of hydrogen-bond acceptors (Lipinski definition) is 6. The molecule has 0 bridgehead atoms. The van der Waals surface area contributed by atoms with Crippen molar-refractivity contribution in [3.05, 3.63) is 64.7 Å². The molecule has 1 unspecified atom stereocenters. The molecule has 0 radical (unpaired) electrons. The number of rotatable bonds is 11. The van der Waals surface area contributed by atoms with Gasteiger partial charge in [0.15, 0.2) is 0 Å². The van der Waals surface area contributed by atoms with E-state index in [2.05, 4.69) is 10.6 Å². The smallest absolute Gasteiger partial charge is 0.413 e. The van der Waals surface area contributed by atoms with Crippen LogP contribution in [0, 0.1) is 5.92 Å². The molecule has 9 nitrogen and oxygen atoms in total. The monoisotopic (exact) mass is 504 g/mol. The minimum atomic E-state index is -1.21. The SMILES string of the molecule is CCOC(=O)C(CC(C)C)NC(=O)Oc1ccc(C[C@H](NC(=O)c2ccccc2Cl)C(=O)O)cc1. The summed E-state index contributed by atoms with van der Waals surface area (Å²) in [6.07, 6.45) is -0.424. The van der Waals surface area contributed by atoms with Crippen molar-refractivity contribution in [1.82, 2.24) is 10.6 Å². The zero-order valence-corrected chi connectivity index (χ0v) is 20.5. The van der Waals surface area contributed by atoms with Crippen LogP contribution in [0.1, 0.15) is 43.1 Å². The third-order valence-corrected chi connectivity index (χ3v) is 5.20. The Kier molecular flexibility index (Phi) is 10.5. The normalized spacial score (nSPS) is 12.4. The van der Waals surface area contributed by atoms with Crippen LogP contribution in [0.15, 0.2) is 48.5 Å². The average molecular weight is 505 g/mol. The molecule has 10 heteroatoms. The largest absolute Gasteiger partial charge is 0.480 e. The van der Waals surface area contributed by atoms with E-state index in [9.17, 15) is 24.3 Å². The Morgan fingerprint density at radius 1 is 0.971 bits per heavy atom. The van der Waals surface area contributed by atoms with Crippen LogP contribution >= 0.6 is 11.6 Å². The molecule has 188 valence electrons. The number of benzene rings is 2. The van der Waals surface area contributed by atoms with Gasteiger partial charge >= 0.3 is 18.0 Å². The van der Waals surface area contributed by atoms with Gasteiger partial charge in [-0.25, -0.2) is 14.4 Å². The molecule has 2 amide bonds. The highest BCUT2D eigenvalue weighted by Gasteiger charge is 2.25. The number of carbonyl (C=O) groups is 4. The number of aliphatic carboxylic acids is 1. The minimum Gasteiger partial charge on any atom is -0.480 e. The first kappa shape index (κ1) is 27.7. The van der Waals surface area contributed by atoms with Gasteiger partial charge in [-0.3, -0.25) is 4.79 Å². The molecular weight excluding hydrogens is 476 g/mol. The predicted molar refractivity (Wildman–Crippen MR) is 130 cm³/mol. The Bertz CT molecular complexity index is 1040. The Morgan fingerprint density at radius 3 is 2.20 bits per heavy atom. The lowest BCUT2D eigenvalue weighted by atomic mass is 10.0. The van der Waals surface area contributed by atoms with E-state index in [0.717, 1.165) is 0 Å². The Labute approximate surface area is 208 Å². The van der Waals surface area contributed by atoms with Gasteiger partial charge in [-0.1, -0.05) is 49.7 Å². The summed E-state index contributed by atoms with van der Waals surface area (Å²) in [6.45, 7) is 5.71. The van der Waals surface area contributed by atoms with Crippen LogP contribution in [-0.4, -0.2) is 47.7 Å². The molecule has 3 N–H and O–H groups in total. The maximum Gasteiger partial charge on any atom is 0.413 e. The summed E-state index contributed by atoms with van der Waals surface area (Å²) in [5, 5.41) is 14.7. The lowest BCUT2D eigenvalue weighted by molar-refractivity contribution is -0.146. The Morgan fingerprint density at radius 2 is 1.63 bits per heavy atom. The van der Waals surface area contributed by atoms with Crippen molar-refractivity contribution in [1.29, 1.82) is 0 Å². The first-order valence-electron chi connectivity index (χ1n) is 11.1. The number of esters is 1. The third-order valence-electron chi connectivity index (χ3n) is 4.87. The van der Waals surface area contributed by atoms with Gasteiger partial charge in [-0.2, -0.15) is 0 Å². The summed E-state index contributed by atoms with van der Waals surface area (Å²) >= 11 is 6.01. The van der Waals surface area contributed by atoms with E-state index >= 15 is 0 Å². The zero-order chi connectivity index (χ0) is 26.0. The summed E-state index contributed by atoms with van der Waals surface area (Å²) in [7, 11) is 0. The van der Waals surface area contributed by atoms with Gasteiger partial charge in [0.1, 0.15) is 17.8 Å². The van der Waals surface area contributed by atoms with E-state index in [0.29, 0.717) is 12.0 Å². The van der Waals surface area contributed by atoms with Gasteiger partial charge in [0.25, 0.3) is 5.91 Å². The molecular formula is C25H29ClN2O7. The van der Waals surface area contributed by atoms with Crippen LogP contribution < -0.4 is 15.4 Å². The van der Waals surface area contributed by atoms with Crippen molar-refractivity contribution in [3.63, 3.8) is 0 Å². The van der Waals surface area contributed by atoms with Crippen LogP contribution in [0.3, 0.4) is 0 Å². The third kappa shape index (κ3) is 8.94. The predicted octanol–water partition coefficient (Wildman–Crippen LogP) is 3.83. The first-order chi connectivity index (χ1) is 16.6. The van der Waals surface area contributed by atoms with Crippen molar-refractivity contribution in [2.75, 3.05) is 6.61 Å². The molecule has 35 heavy (non-hydrogen) atoms. The number of amides is 2. The average Bonchev–Trinajstić information content (AvgIpc) is 2.79. The molecule has 2 atom stereocenters. The second-order valence-corrected chi connectivity index (χ2v) is 8.57. The molecule has 0 aliphatic rings. The molecule has 0 spiro atoms. The molecule has 2 aromatic rings. The summed E-state index contributed by atoms with van der Waals surface area (Å²) in [5.41, 5.74) is 0.766. The van der Waals surface area contributed by atoms with Crippen LogP contribution in [0.2, 0.25) is 5.02 Å². The van der Waals surface area contributed by atoms with Crippen LogP contribution in [0.25, 0.3) is 0 Å². The number of carboxylic acid groups (broad SMARTS) is 1. The lowest BCUT2D eigenvalue weighted by Gasteiger charge is -2.19. The number of carboxylic acids is 1. The van der Waals surface area contributed by atoms with E-state index in [1.54, 1.807) is 37.3 Å². The summed E-state index contributed by atoms with van der Waals surface area (Å²) in [6, 6.07) is 10.4. The highest BCUT2D eigenvalue weighted by molar-refractivity contribution is 6.33. The Balaban J connectivity index is 1.99. The van der Waals surface area contributed by atoms with Crippen molar-refractivity contribution in [2.24, 2.45) is 5.92 Å². The highest BCUT2D eigenvalue weighted by atomic mass is 35.5. The van der Waals surface area contributed by atoms with E-state index in [-0.39, 0.29) is 35.3 Å². The molecule has 0 saturated carbocycles. The first-order valence-corrected chi connectivity index (χ1v) is 11.5. The fraction of sp³-hybridized carbons (Fsp3) is 0.360. The van der Waals surface area contributed by atoms with Crippen molar-refractivity contribution in [2.45, 2.75) is 45.7 Å². The zero-order valence-electron chi connectivity index (χ0n) is 19.7. The van der Waals surface area contributed by atoms with Gasteiger partial charge < -0.3 is 25.2 Å². The Hall–Kier alpha value is -3.59. The summed E-state index contributed by atoms with van der Waals surface area (Å²) in [5.74, 6) is -2.00. The van der Waals surface area contributed by atoms with E-state index < -0.39 is 36.0 Å². The second kappa shape index (κ2) is 13.3. The van der Waals surface area contributed by atoms with Gasteiger partial charge in [-0.15, -0.1) is 0 Å². The highest BCUT2D eigenvalue weighted by Crippen LogP contribution is 2.17. The van der Waals surface area contributed by atoms with Crippen molar-refractivity contribution < 1.29 is 33.8 Å². The summed E-state index contributed by atoms with van der Waals surface area (Å²) < 4.78 is 10.2. The van der Waals surface area contributed by atoms with Crippen molar-refractivity contribution in [3.8, 4) is 5.75 Å². The molecule has 0 fully saturated rings. The van der Waals surface area contributed by atoms with Crippen LogP contribution in [0.4, 0.5) is 4.79 Å². The van der Waals surface area contributed by atoms with E-state index in [4.69, 9.17) is 21.1 Å². The molecule has 2 aromatic carbocycles. The fourth-order valence-corrected chi connectivity index (χ4v) is 3.44. The molecule has 0 aliphatic heterocycles. The topological polar surface area (TPSA) is 131 Å². The van der Waals surface area contributed by atoms with E-state index in [1.807, 2.05) is 13.8 Å². The quantitative estimate of drug-likeness (QED) is 0.396. The number of ether oxygens (including phenoxy) is 2. The lowest BCUT2D eigenvalue weighted by Crippen LogP contribution is -2.44. The molecule has 0 aliphatic carbocycles. The van der Waals surface area contributed by atoms with Crippen molar-refractivity contribution >= 4 is 35.5 Å². The van der Waals surface area contributed by atoms with Crippen LogP contribution in [-0.2, 0) is 20.7 Å². The van der Waals surface area contributed by atoms with Gasteiger partial charge in [0.05, 0.1) is 17.2 Å². The maximum atomic E-state index is 12.4. The fourth-order valence-electron chi connectivity index (χ4n) is 3.22. The number of nitrogens with one attached hydrogen (secondary N) is 2. The van der Waals surface area contributed by atoms with Gasteiger partial charge in [0.2, 0.25) is 0 Å². The van der Waals surface area contributed by atoms with Crippen LogP contribution in [0.5, 0.6) is 5.75 Å². The maximum absolute atomic E-state index is 12.4. The number of hydrogen-bond donors (Lipinski definition) is 3. The molecule has 0 saturated heterocycles. The molecule has 0 aromatic heterocycles. The van der Waals surface area contributed by atoms with E-state index in [1.165, 1.54) is 18.2 Å². The summed E-state index contributed by atoms with van der Waals surface area (Å²) in [4.78, 5) is 48.5. The standard InChI is InChI=1S/C25H29ClN2O7/c1-4-34-24(32)21(13-15(2)3)28-25(33)35-17-11-9-16(10-12-17)14-20(23(30)31)27-22(29)18-7-5-6-8-19(18)26/h5-12,15,20-21H,4,13-14H2,1-3H3,(H,27,29)(H,28,33)(H,30,31)/t20-,21?/m0/s1. The minimum absolute atomic E-state index is 0.00266. The van der Waals surface area contributed by atoms with Gasteiger partial charge in [-0.05, 0) is 49.1 Å². The molecule has 0 heterocycles. The number of halogens is 1. The number of carbonyl (C=O) groups excluding carboxylic acids is 3. The second-order valence-electron chi connectivity index (χ2n) is 8.16. The van der Waals surface area contributed by atoms with Gasteiger partial charge in [0, 0.05) is 6.42 Å².